The van der Waals surface area contributed by atoms with Gasteiger partial charge in [-0.25, -0.2) is 0 Å². The van der Waals surface area contributed by atoms with Gasteiger partial charge < -0.3 is 0 Å². The van der Waals surface area contributed by atoms with Crippen molar-refractivity contribution in [3.05, 3.63) is 35.4 Å². The van der Waals surface area contributed by atoms with Gasteiger partial charge in [-0.3, -0.25) is 0 Å². The maximum absolute atomic E-state index is 2.51. The third-order valence-electron chi connectivity index (χ3n) is 2.67. The summed E-state index contributed by atoms with van der Waals surface area (Å²) in [4.78, 5) is 0. The van der Waals surface area contributed by atoms with Gasteiger partial charge in [0.05, 0.1) is 0 Å². The molecule has 0 fully saturated rings. The molecule has 1 heteroatoms. The Kier molecular flexibility index (Phi) is 2.69. The number of rotatable bonds is 1. The minimum Gasteiger partial charge on any atom is -0.0861 e. The van der Waals surface area contributed by atoms with Crippen molar-refractivity contribution in [2.24, 2.45) is 5.92 Å². The molecular formula is C11H13I. The number of hydrogen-bond donors (Lipinski definition) is 0. The summed E-state index contributed by atoms with van der Waals surface area (Å²) in [7, 11) is 0. The molecule has 1 aliphatic carbocycles. The highest BCUT2D eigenvalue weighted by molar-refractivity contribution is 14.1. The third kappa shape index (κ3) is 1.65. The maximum Gasteiger partial charge on any atom is 0.00269 e. The van der Waals surface area contributed by atoms with Crippen molar-refractivity contribution in [2.75, 3.05) is 4.43 Å². The normalized spacial score (nSPS) is 21.9. The van der Waals surface area contributed by atoms with Crippen LogP contribution in [0.3, 0.4) is 0 Å². The number of fused-ring (bicyclic) bond motifs is 1. The number of aryl methyl sites for hydroxylation is 1. The highest BCUT2D eigenvalue weighted by Gasteiger charge is 2.16. The first kappa shape index (κ1) is 8.54. The standard InChI is InChI=1S/C11H13I/c12-8-9-5-6-10-3-1-2-4-11(10)7-9/h1-4,9H,5-8H2/t9-/m1/s1. The minimum absolute atomic E-state index is 0.931. The first-order valence-corrected chi connectivity index (χ1v) is 6.05. The zero-order chi connectivity index (χ0) is 8.39. The molecular weight excluding hydrogens is 259 g/mol. The first-order valence-electron chi connectivity index (χ1n) is 4.53. The lowest BCUT2D eigenvalue weighted by atomic mass is 9.85. The fourth-order valence-corrected chi connectivity index (χ4v) is 2.66. The van der Waals surface area contributed by atoms with Gasteiger partial charge in [-0.1, -0.05) is 46.9 Å². The van der Waals surface area contributed by atoms with Crippen LogP contribution < -0.4 is 0 Å². The van der Waals surface area contributed by atoms with E-state index in [1.54, 1.807) is 11.1 Å². The molecule has 1 aromatic rings. The van der Waals surface area contributed by atoms with Crippen molar-refractivity contribution in [3.8, 4) is 0 Å². The van der Waals surface area contributed by atoms with E-state index >= 15 is 0 Å². The Labute approximate surface area is 87.5 Å². The second-order valence-corrected chi connectivity index (χ2v) is 4.41. The van der Waals surface area contributed by atoms with E-state index in [9.17, 15) is 0 Å². The minimum atomic E-state index is 0.931. The smallest absolute Gasteiger partial charge is 0.00269 e. The summed E-state index contributed by atoms with van der Waals surface area (Å²) in [5, 5.41) is 0. The third-order valence-corrected chi connectivity index (χ3v) is 3.91. The van der Waals surface area contributed by atoms with Gasteiger partial charge in [0.15, 0.2) is 0 Å². The van der Waals surface area contributed by atoms with E-state index in [-0.39, 0.29) is 0 Å². The molecule has 0 unspecified atom stereocenters. The Morgan fingerprint density at radius 3 is 2.75 bits per heavy atom. The molecule has 12 heavy (non-hydrogen) atoms. The highest BCUT2D eigenvalue weighted by atomic mass is 127. The quantitative estimate of drug-likeness (QED) is 0.544. The van der Waals surface area contributed by atoms with E-state index in [0.717, 1.165) is 5.92 Å². The van der Waals surface area contributed by atoms with Crippen molar-refractivity contribution in [2.45, 2.75) is 19.3 Å². The average Bonchev–Trinajstić information content (AvgIpc) is 2.17. The Bertz CT molecular complexity index is 267. The summed E-state index contributed by atoms with van der Waals surface area (Å²) in [6.45, 7) is 0. The van der Waals surface area contributed by atoms with E-state index in [0.29, 0.717) is 0 Å². The van der Waals surface area contributed by atoms with E-state index < -0.39 is 0 Å². The molecule has 0 aliphatic heterocycles. The van der Waals surface area contributed by atoms with Crippen LogP contribution in [0.4, 0.5) is 0 Å². The largest absolute Gasteiger partial charge is 0.0861 e. The lowest BCUT2D eigenvalue weighted by molar-refractivity contribution is 0.516. The Balaban J connectivity index is 2.23. The van der Waals surface area contributed by atoms with Crippen molar-refractivity contribution in [1.82, 2.24) is 0 Å². The summed E-state index contributed by atoms with van der Waals surface area (Å²) in [5.74, 6) is 0.931. The summed E-state index contributed by atoms with van der Waals surface area (Å²) in [6.07, 6.45) is 3.99. The fraction of sp³-hybridized carbons (Fsp3) is 0.455. The van der Waals surface area contributed by atoms with Crippen LogP contribution in [0.2, 0.25) is 0 Å². The lowest BCUT2D eigenvalue weighted by Gasteiger charge is -2.22. The molecule has 0 N–H and O–H groups in total. The summed E-state index contributed by atoms with van der Waals surface area (Å²) in [6, 6.07) is 8.88. The maximum atomic E-state index is 2.51. The van der Waals surface area contributed by atoms with Crippen molar-refractivity contribution >= 4 is 22.6 Å². The van der Waals surface area contributed by atoms with Gasteiger partial charge in [-0.15, -0.1) is 0 Å². The molecule has 64 valence electrons. The van der Waals surface area contributed by atoms with Gasteiger partial charge in [0.2, 0.25) is 0 Å². The van der Waals surface area contributed by atoms with Crippen LogP contribution in [-0.4, -0.2) is 4.43 Å². The van der Waals surface area contributed by atoms with Crippen molar-refractivity contribution in [3.63, 3.8) is 0 Å². The predicted octanol–water partition coefficient (Wildman–Crippen LogP) is 3.23. The van der Waals surface area contributed by atoms with Gasteiger partial charge in [0.1, 0.15) is 0 Å². The fourth-order valence-electron chi connectivity index (χ4n) is 1.90. The molecule has 0 spiro atoms. The predicted molar refractivity (Wildman–Crippen MR) is 60.8 cm³/mol. The molecule has 0 radical (unpaired) electrons. The van der Waals surface area contributed by atoms with Crippen molar-refractivity contribution < 1.29 is 0 Å². The molecule has 2 rings (SSSR count). The van der Waals surface area contributed by atoms with Crippen LogP contribution in [0.5, 0.6) is 0 Å². The Morgan fingerprint density at radius 2 is 2.00 bits per heavy atom. The molecule has 1 aromatic carbocycles. The summed E-state index contributed by atoms with van der Waals surface area (Å²) in [5.41, 5.74) is 3.17. The summed E-state index contributed by atoms with van der Waals surface area (Å²) >= 11 is 2.51. The Hall–Kier alpha value is -0.0500. The van der Waals surface area contributed by atoms with E-state index in [1.165, 1.54) is 23.7 Å². The SMILES string of the molecule is IC[C@@H]1CCc2ccccc2C1. The van der Waals surface area contributed by atoms with Gasteiger partial charge in [0.25, 0.3) is 0 Å². The molecule has 0 amide bonds. The first-order chi connectivity index (χ1) is 5.90. The molecule has 0 saturated heterocycles. The number of alkyl halides is 1. The van der Waals surface area contributed by atoms with Crippen LogP contribution in [0, 0.1) is 5.92 Å². The zero-order valence-electron chi connectivity index (χ0n) is 7.09. The molecule has 1 aliphatic rings. The van der Waals surface area contributed by atoms with Crippen LogP contribution in [0.25, 0.3) is 0 Å². The van der Waals surface area contributed by atoms with Crippen LogP contribution in [0.1, 0.15) is 17.5 Å². The highest BCUT2D eigenvalue weighted by Crippen LogP contribution is 2.26. The van der Waals surface area contributed by atoms with Gasteiger partial charge in [-0.2, -0.15) is 0 Å². The molecule has 0 saturated carbocycles. The van der Waals surface area contributed by atoms with Gasteiger partial charge >= 0.3 is 0 Å². The number of benzene rings is 1. The molecule has 1 atom stereocenters. The second kappa shape index (κ2) is 3.77. The topological polar surface area (TPSA) is 0 Å². The van der Waals surface area contributed by atoms with Gasteiger partial charge in [0, 0.05) is 4.43 Å². The molecule has 0 bridgehead atoms. The average molecular weight is 272 g/mol. The molecule has 0 heterocycles. The van der Waals surface area contributed by atoms with E-state index in [1.807, 2.05) is 0 Å². The van der Waals surface area contributed by atoms with Crippen LogP contribution in [0.15, 0.2) is 24.3 Å². The molecule has 0 aromatic heterocycles. The van der Waals surface area contributed by atoms with Crippen LogP contribution in [-0.2, 0) is 12.8 Å². The molecule has 0 nitrogen and oxygen atoms in total. The number of hydrogen-bond acceptors (Lipinski definition) is 0. The van der Waals surface area contributed by atoms with Crippen LogP contribution >= 0.6 is 22.6 Å². The van der Waals surface area contributed by atoms with E-state index in [4.69, 9.17) is 0 Å². The van der Waals surface area contributed by atoms with E-state index in [2.05, 4.69) is 46.9 Å². The number of halogens is 1. The summed E-state index contributed by atoms with van der Waals surface area (Å²) < 4.78 is 1.31. The Morgan fingerprint density at radius 1 is 1.25 bits per heavy atom. The second-order valence-electron chi connectivity index (χ2n) is 3.53. The monoisotopic (exact) mass is 272 g/mol. The van der Waals surface area contributed by atoms with Gasteiger partial charge in [-0.05, 0) is 36.3 Å². The zero-order valence-corrected chi connectivity index (χ0v) is 9.25. The lowest BCUT2D eigenvalue weighted by Crippen LogP contribution is -2.14. The van der Waals surface area contributed by atoms with Crippen molar-refractivity contribution in [1.29, 1.82) is 0 Å².